The monoisotopic (exact) mass is 564 g/mol. The molecule has 4 aromatic carbocycles. The van der Waals surface area contributed by atoms with Crippen LogP contribution in [0.15, 0.2) is 145 Å². The molecule has 1 atom stereocenters. The molecule has 5 rings (SSSR count). The van der Waals surface area contributed by atoms with Crippen LogP contribution in [-0.4, -0.2) is 24.7 Å². The summed E-state index contributed by atoms with van der Waals surface area (Å²) in [6.45, 7) is 12.9. The van der Waals surface area contributed by atoms with Gasteiger partial charge in [0.15, 0.2) is 0 Å². The zero-order chi connectivity index (χ0) is 30.8. The van der Waals surface area contributed by atoms with E-state index in [1.807, 2.05) is 27.0 Å². The maximum atomic E-state index is 7.77. The lowest BCUT2D eigenvalue weighted by atomic mass is 9.83. The fourth-order valence-electron chi connectivity index (χ4n) is 6.13. The van der Waals surface area contributed by atoms with E-state index in [0.29, 0.717) is 0 Å². The van der Waals surface area contributed by atoms with Crippen molar-refractivity contribution in [3.05, 3.63) is 150 Å². The molecule has 1 unspecified atom stereocenters. The van der Waals surface area contributed by atoms with Crippen molar-refractivity contribution in [3.63, 3.8) is 0 Å². The van der Waals surface area contributed by atoms with Crippen molar-refractivity contribution in [2.45, 2.75) is 34.1 Å². The summed E-state index contributed by atoms with van der Waals surface area (Å²) < 4.78 is 0. The van der Waals surface area contributed by atoms with Gasteiger partial charge in [-0.2, -0.15) is 0 Å². The number of benzene rings is 4. The molecule has 0 heterocycles. The Bertz CT molecular complexity index is 1690. The van der Waals surface area contributed by atoms with E-state index in [0.717, 1.165) is 18.7 Å². The van der Waals surface area contributed by atoms with Gasteiger partial charge in [-0.3, -0.25) is 0 Å². The van der Waals surface area contributed by atoms with Gasteiger partial charge < -0.3 is 10.3 Å². The first-order chi connectivity index (χ1) is 21.1. The Morgan fingerprint density at radius 3 is 2.05 bits per heavy atom. The van der Waals surface area contributed by atoms with Crippen LogP contribution >= 0.6 is 0 Å². The van der Waals surface area contributed by atoms with Crippen LogP contribution in [0.4, 0.5) is 0 Å². The van der Waals surface area contributed by atoms with E-state index < -0.39 is 0 Å². The fraction of sp³-hybridized carbons (Fsp3) is 0.195. The molecule has 0 saturated heterocycles. The zero-order valence-electron chi connectivity index (χ0n) is 26.3. The summed E-state index contributed by atoms with van der Waals surface area (Å²) in [5.74, 6) is 0.285. The molecule has 4 aromatic rings. The Morgan fingerprint density at radius 2 is 1.49 bits per heavy atom. The Kier molecular flexibility index (Phi) is 10.9. The molecule has 0 spiro atoms. The van der Waals surface area contributed by atoms with Crippen molar-refractivity contribution in [2.75, 3.05) is 13.6 Å². The van der Waals surface area contributed by atoms with Gasteiger partial charge in [0.05, 0.1) is 5.70 Å². The lowest BCUT2D eigenvalue weighted by molar-refractivity contribution is 0.476. The molecule has 1 N–H and O–H groups in total. The van der Waals surface area contributed by atoms with Crippen LogP contribution < -0.4 is 0 Å². The quantitative estimate of drug-likeness (QED) is 0.0931. The van der Waals surface area contributed by atoms with E-state index in [9.17, 15) is 0 Å². The second-order valence-electron chi connectivity index (χ2n) is 10.7. The Morgan fingerprint density at radius 1 is 0.907 bits per heavy atom. The number of rotatable bonds is 9. The van der Waals surface area contributed by atoms with E-state index in [4.69, 9.17) is 5.41 Å². The third-order valence-corrected chi connectivity index (χ3v) is 7.84. The molecule has 0 saturated carbocycles. The van der Waals surface area contributed by atoms with E-state index in [-0.39, 0.29) is 5.92 Å². The predicted molar refractivity (Wildman–Crippen MR) is 191 cm³/mol. The number of nitrogens with zero attached hydrogens (tertiary/aromatic N) is 1. The van der Waals surface area contributed by atoms with Crippen LogP contribution in [0.2, 0.25) is 0 Å². The van der Waals surface area contributed by atoms with Crippen molar-refractivity contribution in [3.8, 4) is 11.1 Å². The minimum absolute atomic E-state index is 0.285. The summed E-state index contributed by atoms with van der Waals surface area (Å²) in [6.07, 6.45) is 17.5. The molecule has 0 aliphatic heterocycles. The van der Waals surface area contributed by atoms with Crippen molar-refractivity contribution >= 4 is 33.3 Å². The first-order valence-corrected chi connectivity index (χ1v) is 15.3. The summed E-state index contributed by atoms with van der Waals surface area (Å²) in [4.78, 5) is 2.10. The second-order valence-corrected chi connectivity index (χ2v) is 10.7. The third-order valence-electron chi connectivity index (χ3n) is 7.84. The summed E-state index contributed by atoms with van der Waals surface area (Å²) in [7, 11) is 2.03. The van der Waals surface area contributed by atoms with Crippen LogP contribution in [0.1, 0.15) is 39.7 Å². The highest BCUT2D eigenvalue weighted by molar-refractivity contribution is 6.19. The average Bonchev–Trinajstić information content (AvgIpc) is 3.50. The smallest absolute Gasteiger partial charge is 0.0545 e. The Labute approximate surface area is 258 Å². The third kappa shape index (κ3) is 6.70. The molecule has 0 fully saturated rings. The van der Waals surface area contributed by atoms with E-state index >= 15 is 0 Å². The van der Waals surface area contributed by atoms with Crippen molar-refractivity contribution in [1.29, 1.82) is 5.41 Å². The number of allylic oxidation sites excluding steroid dienone is 10. The fourth-order valence-corrected chi connectivity index (χ4v) is 6.13. The molecule has 2 nitrogen and oxygen atoms in total. The molecule has 0 aromatic heterocycles. The molecule has 0 amide bonds. The molecule has 1 aliphatic carbocycles. The van der Waals surface area contributed by atoms with Gasteiger partial charge in [0, 0.05) is 25.7 Å². The normalized spacial score (nSPS) is 16.3. The summed E-state index contributed by atoms with van der Waals surface area (Å²) in [6, 6.07) is 28.5. The van der Waals surface area contributed by atoms with Crippen molar-refractivity contribution < 1.29 is 0 Å². The summed E-state index contributed by atoms with van der Waals surface area (Å²) in [5.41, 5.74) is 8.58. The second kappa shape index (κ2) is 15.0. The van der Waals surface area contributed by atoms with E-state index in [2.05, 4.69) is 135 Å². The van der Waals surface area contributed by atoms with Gasteiger partial charge in [0.25, 0.3) is 0 Å². The molecule has 0 radical (unpaired) electrons. The highest BCUT2D eigenvalue weighted by Crippen LogP contribution is 2.44. The molecular formula is C41H44N2. The lowest BCUT2D eigenvalue weighted by Gasteiger charge is -2.22. The minimum atomic E-state index is 0.285. The average molecular weight is 565 g/mol. The van der Waals surface area contributed by atoms with Gasteiger partial charge in [-0.1, -0.05) is 141 Å². The maximum absolute atomic E-state index is 7.77. The minimum Gasteiger partial charge on any atom is -0.369 e. The predicted octanol–water partition coefficient (Wildman–Crippen LogP) is 11.2. The van der Waals surface area contributed by atoms with Crippen molar-refractivity contribution in [2.24, 2.45) is 5.92 Å². The number of likely N-dealkylation sites (N-methyl/N-ethyl adjacent to an activating group) is 1. The topological polar surface area (TPSA) is 27.1 Å². The molecule has 1 aliphatic rings. The molecule has 218 valence electrons. The maximum Gasteiger partial charge on any atom is 0.0545 e. The summed E-state index contributed by atoms with van der Waals surface area (Å²) in [5, 5.41) is 12.9. The van der Waals surface area contributed by atoms with Gasteiger partial charge in [0.1, 0.15) is 0 Å². The molecule has 0 bridgehead atoms. The first kappa shape index (κ1) is 31.3. The number of hydrogen-bond acceptors (Lipinski definition) is 2. The van der Waals surface area contributed by atoms with Gasteiger partial charge in [0.2, 0.25) is 0 Å². The standard InChI is InChI=1S/C39H38N2.C2H6/c1-5-15-31(26-40)41(4)27-28(3)25-30-19-14-24-32(30)33(16-6-2)39-36-22-12-10-20-34(36)38(29-17-8-7-9-18-29)35-21-11-13-23-37(35)39;1-2/h5-18,20-26,30,40H,1,19,27H2,2-4H3;1-2H3/b16-6-,28-25+,31-15+,33-32+,40-26?;. The first-order valence-electron chi connectivity index (χ1n) is 15.3. The van der Waals surface area contributed by atoms with Gasteiger partial charge in [-0.15, -0.1) is 0 Å². The van der Waals surface area contributed by atoms with Crippen LogP contribution in [0, 0.1) is 11.3 Å². The van der Waals surface area contributed by atoms with Gasteiger partial charge in [-0.25, -0.2) is 0 Å². The zero-order valence-corrected chi connectivity index (χ0v) is 26.3. The SMILES string of the molecule is C=C/C=C(\C=N)N(C)C/C(C)=C/C1CC=C/C1=C(/C=C\C)c1c2ccccc2c(-c2ccccc2)c2ccccc12.CC. The van der Waals surface area contributed by atoms with Crippen molar-refractivity contribution in [1.82, 2.24) is 4.90 Å². The summed E-state index contributed by atoms with van der Waals surface area (Å²) >= 11 is 0. The number of nitrogens with one attached hydrogen (secondary N) is 1. The molecular weight excluding hydrogens is 520 g/mol. The molecule has 2 heteroatoms. The van der Waals surface area contributed by atoms with Crippen LogP contribution in [0.5, 0.6) is 0 Å². The molecule has 43 heavy (non-hydrogen) atoms. The van der Waals surface area contributed by atoms with Gasteiger partial charge in [-0.05, 0) is 75.7 Å². The van der Waals surface area contributed by atoms with Crippen LogP contribution in [0.25, 0.3) is 38.2 Å². The number of fused-ring (bicyclic) bond motifs is 2. The highest BCUT2D eigenvalue weighted by atomic mass is 15.1. The lowest BCUT2D eigenvalue weighted by Crippen LogP contribution is -2.21. The van der Waals surface area contributed by atoms with Crippen LogP contribution in [0.3, 0.4) is 0 Å². The Hall–Kier alpha value is -4.69. The van der Waals surface area contributed by atoms with Gasteiger partial charge >= 0.3 is 0 Å². The number of hydrogen-bond donors (Lipinski definition) is 1. The van der Waals surface area contributed by atoms with Crippen LogP contribution in [-0.2, 0) is 0 Å². The van der Waals surface area contributed by atoms with E-state index in [1.165, 1.54) is 61.2 Å². The van der Waals surface area contributed by atoms with E-state index in [1.54, 1.807) is 6.08 Å². The Balaban J connectivity index is 0.00000207. The largest absolute Gasteiger partial charge is 0.369 e. The highest BCUT2D eigenvalue weighted by Gasteiger charge is 2.23.